The number of fused-ring (bicyclic) bond motifs is 2. The number of rotatable bonds is 1. The quantitative estimate of drug-likeness (QED) is 0.679. The van der Waals surface area contributed by atoms with Crippen molar-refractivity contribution in [1.82, 2.24) is 9.55 Å². The van der Waals surface area contributed by atoms with E-state index in [1.54, 1.807) is 28.0 Å². The van der Waals surface area contributed by atoms with Crippen molar-refractivity contribution in [3.05, 3.63) is 62.0 Å². The number of allylic oxidation sites excluding steroid dienone is 1. The molecule has 0 fully saturated rings. The number of hydrogen-bond donors (Lipinski definition) is 0. The molecule has 118 valence electrons. The molecular weight excluding hydrogens is 318 g/mol. The van der Waals surface area contributed by atoms with Gasteiger partial charge in [0.25, 0.3) is 5.56 Å². The van der Waals surface area contributed by atoms with Crippen molar-refractivity contribution in [1.29, 1.82) is 5.26 Å². The lowest BCUT2D eigenvalue weighted by Crippen LogP contribution is -2.20. The van der Waals surface area contributed by atoms with Crippen molar-refractivity contribution in [2.45, 2.75) is 26.8 Å². The van der Waals surface area contributed by atoms with Crippen molar-refractivity contribution in [3.63, 3.8) is 0 Å². The molecule has 3 aromatic rings. The minimum atomic E-state index is 0.0695. The Morgan fingerprint density at radius 3 is 2.75 bits per heavy atom. The molecule has 0 spiro atoms. The van der Waals surface area contributed by atoms with Gasteiger partial charge in [-0.1, -0.05) is 12.1 Å². The van der Waals surface area contributed by atoms with E-state index in [2.05, 4.69) is 12.1 Å². The lowest BCUT2D eigenvalue weighted by Gasteiger charge is -2.03. The first-order valence-electron chi connectivity index (χ1n) is 7.80. The average molecular weight is 333 g/mol. The molecule has 3 heterocycles. The van der Waals surface area contributed by atoms with Crippen LogP contribution >= 0.6 is 11.3 Å². The van der Waals surface area contributed by atoms with Crippen LogP contribution in [-0.4, -0.2) is 9.55 Å². The first-order valence-corrected chi connectivity index (χ1v) is 8.62. The Kier molecular flexibility index (Phi) is 3.36. The van der Waals surface area contributed by atoms with Gasteiger partial charge in [-0.15, -0.1) is 11.3 Å². The molecule has 4 nitrogen and oxygen atoms in total. The van der Waals surface area contributed by atoms with E-state index < -0.39 is 0 Å². The molecule has 1 aromatic carbocycles. The molecule has 0 amide bonds. The highest BCUT2D eigenvalue weighted by Crippen LogP contribution is 2.31. The molecule has 2 aromatic heterocycles. The van der Waals surface area contributed by atoms with Gasteiger partial charge in [0.1, 0.15) is 10.7 Å². The van der Waals surface area contributed by atoms with E-state index in [1.807, 2.05) is 26.0 Å². The summed E-state index contributed by atoms with van der Waals surface area (Å²) < 4.78 is 1.79. The standard InChI is InChI=1S/C19H15N3OS/c1-11-12(2)24-18-16(11)19(23)22-8-7-15(17(22)21-18)9-13-3-5-14(10-20)6-4-13/h3-6,9H,7-8H2,1-2H3. The van der Waals surface area contributed by atoms with Crippen molar-refractivity contribution in [2.75, 3.05) is 0 Å². The fraction of sp³-hybridized carbons (Fsp3) is 0.211. The van der Waals surface area contributed by atoms with E-state index in [1.165, 1.54) is 0 Å². The zero-order valence-electron chi connectivity index (χ0n) is 13.5. The Hall–Kier alpha value is -2.71. The molecule has 1 aliphatic rings. The Morgan fingerprint density at radius 1 is 1.29 bits per heavy atom. The molecule has 0 aliphatic carbocycles. The monoisotopic (exact) mass is 333 g/mol. The highest BCUT2D eigenvalue weighted by atomic mass is 32.1. The Balaban J connectivity index is 1.86. The molecule has 1 aliphatic heterocycles. The number of hydrogen-bond acceptors (Lipinski definition) is 4. The number of nitriles is 1. The van der Waals surface area contributed by atoms with Gasteiger partial charge in [0.15, 0.2) is 0 Å². The van der Waals surface area contributed by atoms with E-state index >= 15 is 0 Å². The third kappa shape index (κ3) is 2.19. The fourth-order valence-electron chi connectivity index (χ4n) is 3.12. The van der Waals surface area contributed by atoms with E-state index in [-0.39, 0.29) is 5.56 Å². The van der Waals surface area contributed by atoms with E-state index in [9.17, 15) is 4.79 Å². The van der Waals surface area contributed by atoms with Gasteiger partial charge in [0.2, 0.25) is 0 Å². The van der Waals surface area contributed by atoms with Gasteiger partial charge < -0.3 is 0 Å². The second-order valence-electron chi connectivity index (χ2n) is 6.01. The van der Waals surface area contributed by atoms with Crippen LogP contribution in [0.25, 0.3) is 21.9 Å². The summed E-state index contributed by atoms with van der Waals surface area (Å²) in [5.74, 6) is 0.776. The predicted octanol–water partition coefficient (Wildman–Crippen LogP) is 3.89. The number of aryl methyl sites for hydroxylation is 2. The lowest BCUT2D eigenvalue weighted by molar-refractivity contribution is 0.726. The average Bonchev–Trinajstić information content (AvgIpc) is 3.11. The van der Waals surface area contributed by atoms with Crippen molar-refractivity contribution in [2.24, 2.45) is 0 Å². The number of nitrogens with zero attached hydrogens (tertiary/aromatic N) is 3. The Bertz CT molecular complexity index is 1090. The predicted molar refractivity (Wildman–Crippen MR) is 97.0 cm³/mol. The number of aromatic nitrogens is 2. The summed E-state index contributed by atoms with van der Waals surface area (Å²) in [6.07, 6.45) is 2.86. The lowest BCUT2D eigenvalue weighted by atomic mass is 10.1. The van der Waals surface area contributed by atoms with Crippen LogP contribution in [0, 0.1) is 25.2 Å². The molecule has 4 rings (SSSR count). The zero-order chi connectivity index (χ0) is 16.8. The molecule has 24 heavy (non-hydrogen) atoms. The Morgan fingerprint density at radius 2 is 2.04 bits per heavy atom. The minimum Gasteiger partial charge on any atom is -0.292 e. The summed E-state index contributed by atoms with van der Waals surface area (Å²) in [7, 11) is 0. The summed E-state index contributed by atoms with van der Waals surface area (Å²) in [6.45, 7) is 4.70. The van der Waals surface area contributed by atoms with Crippen molar-refractivity contribution < 1.29 is 0 Å². The Labute approximate surface area is 143 Å². The van der Waals surface area contributed by atoms with Crippen molar-refractivity contribution >= 4 is 33.2 Å². The van der Waals surface area contributed by atoms with Crippen LogP contribution in [0.2, 0.25) is 0 Å². The summed E-state index contributed by atoms with van der Waals surface area (Å²) in [5.41, 5.74) is 3.85. The van der Waals surface area contributed by atoms with Crippen LogP contribution in [0.4, 0.5) is 0 Å². The second kappa shape index (κ2) is 5.43. The molecule has 0 unspecified atom stereocenters. The number of thiophene rings is 1. The maximum Gasteiger partial charge on any atom is 0.262 e. The highest BCUT2D eigenvalue weighted by Gasteiger charge is 2.23. The van der Waals surface area contributed by atoms with Crippen LogP contribution in [0.1, 0.15) is 33.8 Å². The first-order chi connectivity index (χ1) is 11.6. The van der Waals surface area contributed by atoms with Crippen LogP contribution in [-0.2, 0) is 6.54 Å². The van der Waals surface area contributed by atoms with Gasteiger partial charge in [-0.2, -0.15) is 5.26 Å². The fourth-order valence-corrected chi connectivity index (χ4v) is 4.14. The van der Waals surface area contributed by atoms with E-state index in [0.717, 1.165) is 44.0 Å². The smallest absolute Gasteiger partial charge is 0.262 e. The van der Waals surface area contributed by atoms with Gasteiger partial charge in [-0.25, -0.2) is 4.98 Å². The van der Waals surface area contributed by atoms with E-state index in [4.69, 9.17) is 10.2 Å². The minimum absolute atomic E-state index is 0.0695. The molecule has 0 radical (unpaired) electrons. The summed E-state index contributed by atoms with van der Waals surface area (Å²) in [5, 5.41) is 9.65. The third-order valence-corrected chi connectivity index (χ3v) is 5.66. The van der Waals surface area contributed by atoms with E-state index in [0.29, 0.717) is 12.1 Å². The van der Waals surface area contributed by atoms with Gasteiger partial charge in [-0.3, -0.25) is 9.36 Å². The maximum absolute atomic E-state index is 12.8. The molecule has 0 N–H and O–H groups in total. The largest absolute Gasteiger partial charge is 0.292 e. The van der Waals surface area contributed by atoms with Gasteiger partial charge in [0.05, 0.1) is 17.0 Å². The molecule has 5 heteroatoms. The van der Waals surface area contributed by atoms with Crippen molar-refractivity contribution in [3.8, 4) is 6.07 Å². The first kappa shape index (κ1) is 14.9. The van der Waals surface area contributed by atoms with Crippen LogP contribution in [0.5, 0.6) is 0 Å². The topological polar surface area (TPSA) is 58.7 Å². The normalized spacial score (nSPS) is 15.0. The van der Waals surface area contributed by atoms with Crippen LogP contribution < -0.4 is 5.56 Å². The molecular formula is C19H15N3OS. The van der Waals surface area contributed by atoms with Crippen LogP contribution in [0.3, 0.4) is 0 Å². The second-order valence-corrected chi connectivity index (χ2v) is 7.21. The summed E-state index contributed by atoms with van der Waals surface area (Å²) in [6, 6.07) is 9.57. The molecule has 0 atom stereocenters. The van der Waals surface area contributed by atoms with Gasteiger partial charge in [0, 0.05) is 11.4 Å². The zero-order valence-corrected chi connectivity index (χ0v) is 14.3. The summed E-state index contributed by atoms with van der Waals surface area (Å²) in [4.78, 5) is 19.5. The van der Waals surface area contributed by atoms with Gasteiger partial charge in [-0.05, 0) is 55.2 Å². The SMILES string of the molecule is Cc1sc2nc3n(c(=O)c2c1C)CCC3=Cc1ccc(C#N)cc1. The highest BCUT2D eigenvalue weighted by molar-refractivity contribution is 7.18. The summed E-state index contributed by atoms with van der Waals surface area (Å²) >= 11 is 1.58. The molecule has 0 saturated heterocycles. The molecule has 0 bridgehead atoms. The number of benzene rings is 1. The third-order valence-electron chi connectivity index (χ3n) is 4.56. The maximum atomic E-state index is 12.8. The molecule has 0 saturated carbocycles. The van der Waals surface area contributed by atoms with Gasteiger partial charge >= 0.3 is 0 Å². The van der Waals surface area contributed by atoms with Crippen LogP contribution in [0.15, 0.2) is 29.1 Å².